The number of hydrogen-bond acceptors (Lipinski definition) is 2. The highest BCUT2D eigenvalue weighted by molar-refractivity contribution is 9.13. The first-order chi connectivity index (χ1) is 6.44. The molecule has 1 rings (SSSR count). The van der Waals surface area contributed by atoms with Gasteiger partial charge in [-0.05, 0) is 58.2 Å². The maximum Gasteiger partial charge on any atom is 0.183 e. The summed E-state index contributed by atoms with van der Waals surface area (Å²) in [5, 5.41) is 3.43. The number of rotatable bonds is 4. The predicted octanol–water partition coefficient (Wildman–Crippen LogP) is 4.08. The number of nitrogens with one attached hydrogen (secondary N) is 1. The zero-order chi connectivity index (χ0) is 10.8. The van der Waals surface area contributed by atoms with E-state index < -0.39 is 0 Å². The molecule has 0 aromatic carbocycles. The molecule has 4 heteroatoms. The molecule has 1 aromatic rings. The smallest absolute Gasteiger partial charge is 0.183 e. The van der Waals surface area contributed by atoms with E-state index >= 15 is 0 Å². The van der Waals surface area contributed by atoms with Crippen molar-refractivity contribution in [3.8, 4) is 0 Å². The largest absolute Gasteiger partial charge is 0.452 e. The van der Waals surface area contributed by atoms with Crippen molar-refractivity contribution in [1.82, 2.24) is 5.32 Å². The molecule has 0 fully saturated rings. The second kappa shape index (κ2) is 4.81. The lowest BCUT2D eigenvalue weighted by Gasteiger charge is -2.23. The van der Waals surface area contributed by atoms with Crippen LogP contribution in [-0.2, 0) is 6.54 Å². The van der Waals surface area contributed by atoms with Crippen LogP contribution in [0.1, 0.15) is 33.0 Å². The highest BCUT2D eigenvalue weighted by atomic mass is 79.9. The highest BCUT2D eigenvalue weighted by Gasteiger charge is 2.15. The van der Waals surface area contributed by atoms with Crippen LogP contribution >= 0.6 is 31.9 Å². The number of halogens is 2. The van der Waals surface area contributed by atoms with Crippen LogP contribution in [0, 0.1) is 0 Å². The second-order valence-corrected chi connectivity index (χ2v) is 5.50. The van der Waals surface area contributed by atoms with E-state index in [2.05, 4.69) is 57.9 Å². The fourth-order valence-corrected chi connectivity index (χ4v) is 1.59. The van der Waals surface area contributed by atoms with Crippen LogP contribution in [0.3, 0.4) is 0 Å². The van der Waals surface area contributed by atoms with Crippen LogP contribution in [0.5, 0.6) is 0 Å². The molecule has 80 valence electrons. The maximum atomic E-state index is 5.46. The quantitative estimate of drug-likeness (QED) is 0.902. The molecule has 0 atom stereocenters. The molecular formula is C10H15Br2NO. The Hall–Kier alpha value is 0.200. The van der Waals surface area contributed by atoms with Gasteiger partial charge in [-0.3, -0.25) is 0 Å². The van der Waals surface area contributed by atoms with Gasteiger partial charge in [0.2, 0.25) is 0 Å². The molecule has 0 aliphatic carbocycles. The molecule has 0 bridgehead atoms. The first-order valence-corrected chi connectivity index (χ1v) is 6.22. The average molecular weight is 325 g/mol. The van der Waals surface area contributed by atoms with Gasteiger partial charge in [0, 0.05) is 5.54 Å². The summed E-state index contributed by atoms with van der Waals surface area (Å²) in [6, 6.07) is 1.98. The van der Waals surface area contributed by atoms with Gasteiger partial charge in [-0.2, -0.15) is 0 Å². The third-order valence-electron chi connectivity index (χ3n) is 2.32. The van der Waals surface area contributed by atoms with Crippen molar-refractivity contribution in [1.29, 1.82) is 0 Å². The Labute approximate surface area is 102 Å². The minimum Gasteiger partial charge on any atom is -0.452 e. The van der Waals surface area contributed by atoms with Crippen molar-refractivity contribution in [3.05, 3.63) is 21.0 Å². The van der Waals surface area contributed by atoms with Crippen LogP contribution < -0.4 is 5.32 Å². The fourth-order valence-electron chi connectivity index (χ4n) is 0.930. The van der Waals surface area contributed by atoms with E-state index in [9.17, 15) is 0 Å². The standard InChI is InChI=1S/C10H15Br2NO/c1-4-10(2,3)13-6-7-5-8(11)9(12)14-7/h5,13H,4,6H2,1-3H3. The van der Waals surface area contributed by atoms with E-state index in [4.69, 9.17) is 4.42 Å². The summed E-state index contributed by atoms with van der Waals surface area (Å²) in [6.07, 6.45) is 1.09. The predicted molar refractivity (Wildman–Crippen MR) is 65.3 cm³/mol. The lowest BCUT2D eigenvalue weighted by atomic mass is 10.0. The Balaban J connectivity index is 2.54. The molecule has 0 spiro atoms. The van der Waals surface area contributed by atoms with E-state index in [1.807, 2.05) is 6.07 Å². The van der Waals surface area contributed by atoms with Crippen LogP contribution in [0.25, 0.3) is 0 Å². The molecule has 0 saturated carbocycles. The molecule has 1 aromatic heterocycles. The van der Waals surface area contributed by atoms with Gasteiger partial charge in [0.1, 0.15) is 5.76 Å². The molecule has 1 heterocycles. The SMILES string of the molecule is CCC(C)(C)NCc1cc(Br)c(Br)o1. The molecule has 14 heavy (non-hydrogen) atoms. The Kier molecular flexibility index (Phi) is 4.22. The maximum absolute atomic E-state index is 5.46. The summed E-state index contributed by atoms with van der Waals surface area (Å²) in [7, 11) is 0. The summed E-state index contributed by atoms with van der Waals surface area (Å²) >= 11 is 6.70. The van der Waals surface area contributed by atoms with E-state index in [-0.39, 0.29) is 5.54 Å². The van der Waals surface area contributed by atoms with Crippen LogP contribution in [-0.4, -0.2) is 5.54 Å². The summed E-state index contributed by atoms with van der Waals surface area (Å²) in [6.45, 7) is 7.28. The van der Waals surface area contributed by atoms with Crippen molar-refractivity contribution in [2.45, 2.75) is 39.3 Å². The monoisotopic (exact) mass is 323 g/mol. The second-order valence-electron chi connectivity index (χ2n) is 3.93. The lowest BCUT2D eigenvalue weighted by molar-refractivity contribution is 0.349. The van der Waals surface area contributed by atoms with E-state index in [0.717, 1.165) is 27.9 Å². The summed E-state index contributed by atoms with van der Waals surface area (Å²) in [4.78, 5) is 0. The first kappa shape index (κ1) is 12.3. The van der Waals surface area contributed by atoms with Crippen molar-refractivity contribution < 1.29 is 4.42 Å². The van der Waals surface area contributed by atoms with Crippen molar-refractivity contribution >= 4 is 31.9 Å². The van der Waals surface area contributed by atoms with Crippen LogP contribution in [0.15, 0.2) is 19.6 Å². The van der Waals surface area contributed by atoms with Gasteiger partial charge in [-0.1, -0.05) is 6.92 Å². The molecule has 1 N–H and O–H groups in total. The average Bonchev–Trinajstić information content (AvgIpc) is 2.44. The number of furan rings is 1. The molecule has 0 saturated heterocycles. The van der Waals surface area contributed by atoms with E-state index in [1.54, 1.807) is 0 Å². The molecular weight excluding hydrogens is 310 g/mol. The lowest BCUT2D eigenvalue weighted by Crippen LogP contribution is -2.37. The van der Waals surface area contributed by atoms with Gasteiger partial charge in [0.15, 0.2) is 4.67 Å². The molecule has 0 radical (unpaired) electrons. The summed E-state index contributed by atoms with van der Waals surface area (Å²) in [5.41, 5.74) is 0.158. The van der Waals surface area contributed by atoms with E-state index in [0.29, 0.717) is 0 Å². The van der Waals surface area contributed by atoms with Crippen LogP contribution in [0.4, 0.5) is 0 Å². The Morgan fingerprint density at radius 1 is 1.43 bits per heavy atom. The minimum atomic E-state index is 0.158. The third-order valence-corrected chi connectivity index (χ3v) is 4.03. The van der Waals surface area contributed by atoms with E-state index in [1.165, 1.54) is 0 Å². The Morgan fingerprint density at radius 2 is 2.07 bits per heavy atom. The van der Waals surface area contributed by atoms with Crippen molar-refractivity contribution in [2.24, 2.45) is 0 Å². The Bertz CT molecular complexity index is 288. The van der Waals surface area contributed by atoms with Gasteiger partial charge in [0.05, 0.1) is 11.0 Å². The molecule has 0 aliphatic rings. The molecule has 2 nitrogen and oxygen atoms in total. The van der Waals surface area contributed by atoms with Gasteiger partial charge in [0.25, 0.3) is 0 Å². The van der Waals surface area contributed by atoms with Crippen LogP contribution in [0.2, 0.25) is 0 Å². The topological polar surface area (TPSA) is 25.2 Å². The van der Waals surface area contributed by atoms with Gasteiger partial charge in [-0.15, -0.1) is 0 Å². The van der Waals surface area contributed by atoms with Gasteiger partial charge in [-0.25, -0.2) is 0 Å². The zero-order valence-electron chi connectivity index (χ0n) is 8.66. The number of hydrogen-bond donors (Lipinski definition) is 1. The van der Waals surface area contributed by atoms with Crippen molar-refractivity contribution in [2.75, 3.05) is 0 Å². The third kappa shape index (κ3) is 3.41. The zero-order valence-corrected chi connectivity index (χ0v) is 11.8. The van der Waals surface area contributed by atoms with Gasteiger partial charge >= 0.3 is 0 Å². The molecule has 0 aliphatic heterocycles. The minimum absolute atomic E-state index is 0.158. The first-order valence-electron chi connectivity index (χ1n) is 4.63. The Morgan fingerprint density at radius 3 is 2.50 bits per heavy atom. The molecule has 0 unspecified atom stereocenters. The van der Waals surface area contributed by atoms with Crippen molar-refractivity contribution in [3.63, 3.8) is 0 Å². The summed E-state index contributed by atoms with van der Waals surface area (Å²) in [5.74, 6) is 0.935. The molecule has 0 amide bonds. The normalized spacial score (nSPS) is 12.1. The highest BCUT2D eigenvalue weighted by Crippen LogP contribution is 2.26. The summed E-state index contributed by atoms with van der Waals surface area (Å²) < 4.78 is 7.18. The van der Waals surface area contributed by atoms with Gasteiger partial charge < -0.3 is 9.73 Å². The fraction of sp³-hybridized carbons (Fsp3) is 0.600.